The monoisotopic (exact) mass is 324 g/mol. The van der Waals surface area contributed by atoms with E-state index < -0.39 is 12.5 Å². The number of ether oxygens (including phenoxy) is 1. The van der Waals surface area contributed by atoms with Crippen LogP contribution in [0.1, 0.15) is 18.6 Å². The number of hydrogen-bond donors (Lipinski definition) is 1. The van der Waals surface area contributed by atoms with Crippen molar-refractivity contribution in [2.24, 2.45) is 0 Å². The first-order chi connectivity index (χ1) is 9.37. The van der Waals surface area contributed by atoms with E-state index in [2.05, 4.69) is 4.74 Å². The summed E-state index contributed by atoms with van der Waals surface area (Å²) >= 11 is 3.43. The van der Waals surface area contributed by atoms with Gasteiger partial charge >= 0.3 is 6.36 Å². The summed E-state index contributed by atoms with van der Waals surface area (Å²) in [6.45, 7) is 2.03. The molecule has 1 aliphatic rings. The molecule has 0 amide bonds. The van der Waals surface area contributed by atoms with Gasteiger partial charge < -0.3 is 9.84 Å². The third kappa shape index (κ3) is 4.23. The van der Waals surface area contributed by atoms with E-state index in [4.69, 9.17) is 0 Å². The second-order valence-corrected chi connectivity index (χ2v) is 7.25. The van der Waals surface area contributed by atoms with Crippen LogP contribution in [0.2, 0.25) is 0 Å². The molecule has 0 spiro atoms. The Balaban J connectivity index is 2.13. The van der Waals surface area contributed by atoms with Crippen LogP contribution < -0.4 is 4.74 Å². The number of halogens is 3. The van der Waals surface area contributed by atoms with Crippen LogP contribution >= 0.6 is 23.5 Å². The zero-order chi connectivity index (χ0) is 14.8. The van der Waals surface area contributed by atoms with Gasteiger partial charge in [-0.3, -0.25) is 0 Å². The highest BCUT2D eigenvalue weighted by Gasteiger charge is 2.33. The predicted octanol–water partition coefficient (Wildman–Crippen LogP) is 3.86. The number of thioether (sulfide) groups is 2. The van der Waals surface area contributed by atoms with Crippen molar-refractivity contribution in [2.75, 3.05) is 11.5 Å². The Kier molecular flexibility index (Phi) is 5.14. The van der Waals surface area contributed by atoms with Gasteiger partial charge in [0.2, 0.25) is 0 Å². The fraction of sp³-hybridized carbons (Fsp3) is 0.538. The second-order valence-electron chi connectivity index (χ2n) is 4.48. The van der Waals surface area contributed by atoms with E-state index in [9.17, 15) is 18.3 Å². The van der Waals surface area contributed by atoms with Crippen molar-refractivity contribution in [2.45, 2.75) is 29.9 Å². The van der Waals surface area contributed by atoms with E-state index in [-0.39, 0.29) is 16.2 Å². The van der Waals surface area contributed by atoms with Crippen molar-refractivity contribution in [3.05, 3.63) is 29.8 Å². The summed E-state index contributed by atoms with van der Waals surface area (Å²) in [7, 11) is 0. The molecule has 3 unspecified atom stereocenters. The molecule has 0 saturated carbocycles. The molecule has 112 valence electrons. The van der Waals surface area contributed by atoms with E-state index in [0.29, 0.717) is 5.56 Å². The number of rotatable bonds is 3. The van der Waals surface area contributed by atoms with Crippen molar-refractivity contribution < 1.29 is 23.0 Å². The Hall–Kier alpha value is -0.530. The van der Waals surface area contributed by atoms with Gasteiger partial charge in [-0.25, -0.2) is 0 Å². The number of alkyl halides is 3. The maximum Gasteiger partial charge on any atom is 0.573 e. The van der Waals surface area contributed by atoms with Gasteiger partial charge in [0, 0.05) is 22.0 Å². The van der Waals surface area contributed by atoms with Gasteiger partial charge in [0.15, 0.2) is 0 Å². The Bertz CT molecular complexity index is 453. The molecule has 20 heavy (non-hydrogen) atoms. The topological polar surface area (TPSA) is 29.5 Å². The number of hydrogen-bond acceptors (Lipinski definition) is 4. The first-order valence-corrected chi connectivity index (χ1v) is 8.23. The molecule has 0 aliphatic carbocycles. The van der Waals surface area contributed by atoms with Crippen molar-refractivity contribution in [1.82, 2.24) is 0 Å². The molecule has 7 heteroatoms. The van der Waals surface area contributed by atoms with Gasteiger partial charge in [0.1, 0.15) is 5.75 Å². The lowest BCUT2D eigenvalue weighted by atomic mass is 10.0. The number of benzene rings is 1. The molecule has 1 fully saturated rings. The highest BCUT2D eigenvalue weighted by Crippen LogP contribution is 2.39. The molecule has 1 aromatic rings. The Morgan fingerprint density at radius 3 is 2.65 bits per heavy atom. The fourth-order valence-corrected chi connectivity index (χ4v) is 4.92. The van der Waals surface area contributed by atoms with E-state index >= 15 is 0 Å². The summed E-state index contributed by atoms with van der Waals surface area (Å²) in [4.78, 5) is 0. The summed E-state index contributed by atoms with van der Waals surface area (Å²) in [5.41, 5.74) is 0.457. The average Bonchev–Trinajstić information content (AvgIpc) is 2.37. The van der Waals surface area contributed by atoms with Crippen molar-refractivity contribution >= 4 is 23.5 Å². The highest BCUT2D eigenvalue weighted by atomic mass is 32.2. The Morgan fingerprint density at radius 1 is 1.30 bits per heavy atom. The Morgan fingerprint density at radius 2 is 2.00 bits per heavy atom. The van der Waals surface area contributed by atoms with E-state index in [1.807, 2.05) is 6.92 Å². The van der Waals surface area contributed by atoms with Gasteiger partial charge in [-0.15, -0.1) is 13.2 Å². The van der Waals surface area contributed by atoms with Gasteiger partial charge in [-0.05, 0) is 17.7 Å². The first-order valence-electron chi connectivity index (χ1n) is 6.14. The molecule has 1 aliphatic heterocycles. The van der Waals surface area contributed by atoms with Gasteiger partial charge in [0.25, 0.3) is 0 Å². The lowest BCUT2D eigenvalue weighted by Gasteiger charge is -2.31. The summed E-state index contributed by atoms with van der Waals surface area (Å²) in [5, 5.41) is 10.6. The molecular weight excluding hydrogens is 309 g/mol. The number of aliphatic hydroxyl groups excluding tert-OH is 1. The molecule has 0 aromatic heterocycles. The second kappa shape index (κ2) is 6.49. The van der Waals surface area contributed by atoms with E-state index in [1.165, 1.54) is 18.2 Å². The van der Waals surface area contributed by atoms with Crippen LogP contribution in [-0.2, 0) is 0 Å². The first kappa shape index (κ1) is 15.9. The minimum atomic E-state index is -4.72. The zero-order valence-corrected chi connectivity index (χ0v) is 12.4. The van der Waals surface area contributed by atoms with Crippen LogP contribution in [-0.4, -0.2) is 33.5 Å². The molecule has 1 saturated heterocycles. The normalized spacial score (nSPS) is 25.2. The van der Waals surface area contributed by atoms with Gasteiger partial charge in [-0.2, -0.15) is 23.5 Å². The molecule has 2 nitrogen and oxygen atoms in total. The van der Waals surface area contributed by atoms with Crippen LogP contribution in [0.15, 0.2) is 24.3 Å². The maximum atomic E-state index is 12.2. The van der Waals surface area contributed by atoms with Crippen LogP contribution in [0.3, 0.4) is 0 Å². The average molecular weight is 324 g/mol. The van der Waals surface area contributed by atoms with Gasteiger partial charge in [-0.1, -0.05) is 19.1 Å². The highest BCUT2D eigenvalue weighted by molar-refractivity contribution is 8.07. The molecule has 1 aromatic carbocycles. The third-order valence-electron chi connectivity index (χ3n) is 2.98. The predicted molar refractivity (Wildman–Crippen MR) is 76.3 cm³/mol. The van der Waals surface area contributed by atoms with Gasteiger partial charge in [0.05, 0.1) is 6.10 Å². The fourth-order valence-electron chi connectivity index (χ4n) is 2.08. The minimum absolute atomic E-state index is 0.0186. The van der Waals surface area contributed by atoms with Crippen LogP contribution in [0, 0.1) is 0 Å². The largest absolute Gasteiger partial charge is 0.573 e. The molecule has 1 heterocycles. The Labute approximate surface area is 124 Å². The molecular formula is C13H15F3O2S2. The van der Waals surface area contributed by atoms with Crippen LogP contribution in [0.5, 0.6) is 5.75 Å². The zero-order valence-electron chi connectivity index (χ0n) is 10.8. The van der Waals surface area contributed by atoms with Crippen molar-refractivity contribution in [3.8, 4) is 5.75 Å². The molecule has 1 N–H and O–H groups in total. The molecule has 0 bridgehead atoms. The lowest BCUT2D eigenvalue weighted by molar-refractivity contribution is -0.274. The standard InChI is InChI=1S/C13H15F3O2S2/c1-8-12(20-6-5-19-8)11(17)9-3-2-4-10(7-9)18-13(14,15)16/h2-4,7-8,11-12,17H,5-6H2,1H3. The molecule has 2 rings (SSSR count). The lowest BCUT2D eigenvalue weighted by Crippen LogP contribution is -2.29. The number of aliphatic hydroxyl groups is 1. The summed E-state index contributed by atoms with van der Waals surface area (Å²) in [6.07, 6.45) is -5.51. The summed E-state index contributed by atoms with van der Waals surface area (Å²) in [6, 6.07) is 5.58. The van der Waals surface area contributed by atoms with E-state index in [1.54, 1.807) is 29.6 Å². The third-order valence-corrected chi connectivity index (χ3v) is 6.16. The SMILES string of the molecule is CC1SCCSC1C(O)c1cccc(OC(F)(F)F)c1. The quantitative estimate of drug-likeness (QED) is 0.914. The summed E-state index contributed by atoms with van der Waals surface area (Å²) < 4.78 is 40.5. The molecule has 3 atom stereocenters. The van der Waals surface area contributed by atoms with Crippen molar-refractivity contribution in [3.63, 3.8) is 0 Å². The maximum absolute atomic E-state index is 12.2. The smallest absolute Gasteiger partial charge is 0.406 e. The summed E-state index contributed by atoms with van der Waals surface area (Å²) in [5.74, 6) is 1.68. The molecule has 0 radical (unpaired) electrons. The minimum Gasteiger partial charge on any atom is -0.406 e. The van der Waals surface area contributed by atoms with Crippen LogP contribution in [0.25, 0.3) is 0 Å². The van der Waals surface area contributed by atoms with Crippen molar-refractivity contribution in [1.29, 1.82) is 0 Å². The van der Waals surface area contributed by atoms with Crippen LogP contribution in [0.4, 0.5) is 13.2 Å². The van der Waals surface area contributed by atoms with E-state index in [0.717, 1.165) is 11.5 Å².